The van der Waals surface area contributed by atoms with Crippen molar-refractivity contribution in [3.8, 4) is 17.2 Å². The lowest BCUT2D eigenvalue weighted by Gasteiger charge is -2.12. The van der Waals surface area contributed by atoms with Crippen LogP contribution in [0.4, 0.5) is 0 Å². The SMILES string of the molecule is COc1ccc(/C(N)=N/O)c(Oc2ccc(SC)cc2)c1. The van der Waals surface area contributed by atoms with E-state index in [0.29, 0.717) is 22.8 Å². The van der Waals surface area contributed by atoms with Gasteiger partial charge in [-0.05, 0) is 42.7 Å². The van der Waals surface area contributed by atoms with Crippen LogP contribution in [0.1, 0.15) is 5.56 Å². The van der Waals surface area contributed by atoms with Crippen LogP contribution in [-0.4, -0.2) is 24.4 Å². The summed E-state index contributed by atoms with van der Waals surface area (Å²) >= 11 is 1.65. The smallest absolute Gasteiger partial charge is 0.173 e. The van der Waals surface area contributed by atoms with Gasteiger partial charge in [0.05, 0.1) is 12.7 Å². The standard InChI is InChI=1S/C15H16N2O3S/c1-19-11-5-8-13(15(16)17-18)14(9-11)20-10-3-6-12(21-2)7-4-10/h3-9,18H,1-2H3,(H2,16,17). The Kier molecular flexibility index (Phi) is 4.94. The highest BCUT2D eigenvalue weighted by Crippen LogP contribution is 2.30. The predicted molar refractivity (Wildman–Crippen MR) is 83.8 cm³/mol. The van der Waals surface area contributed by atoms with Crippen molar-refractivity contribution in [2.45, 2.75) is 4.90 Å². The maximum atomic E-state index is 8.85. The minimum Gasteiger partial charge on any atom is -0.497 e. The lowest BCUT2D eigenvalue weighted by molar-refractivity contribution is 0.318. The summed E-state index contributed by atoms with van der Waals surface area (Å²) < 4.78 is 11.0. The normalized spacial score (nSPS) is 11.2. The fourth-order valence-electron chi connectivity index (χ4n) is 1.75. The molecule has 0 aliphatic heterocycles. The van der Waals surface area contributed by atoms with E-state index in [1.54, 1.807) is 37.1 Å². The third kappa shape index (κ3) is 3.61. The Balaban J connectivity index is 2.35. The molecule has 0 aromatic heterocycles. The van der Waals surface area contributed by atoms with Crippen molar-refractivity contribution in [1.82, 2.24) is 0 Å². The van der Waals surface area contributed by atoms with Gasteiger partial charge in [0, 0.05) is 11.0 Å². The first-order valence-corrected chi connectivity index (χ1v) is 7.38. The molecule has 0 radical (unpaired) electrons. The van der Waals surface area contributed by atoms with E-state index < -0.39 is 0 Å². The molecule has 2 rings (SSSR count). The summed E-state index contributed by atoms with van der Waals surface area (Å²) in [6, 6.07) is 12.7. The second-order valence-corrected chi connectivity index (χ2v) is 5.00. The Morgan fingerprint density at radius 1 is 1.14 bits per heavy atom. The van der Waals surface area contributed by atoms with E-state index in [9.17, 15) is 0 Å². The number of nitrogens with two attached hydrogens (primary N) is 1. The first kappa shape index (κ1) is 15.1. The minimum atomic E-state index is -0.0200. The number of hydrogen-bond acceptors (Lipinski definition) is 5. The number of benzene rings is 2. The van der Waals surface area contributed by atoms with Crippen molar-refractivity contribution < 1.29 is 14.7 Å². The van der Waals surface area contributed by atoms with Crippen LogP contribution in [0, 0.1) is 0 Å². The van der Waals surface area contributed by atoms with Crippen LogP contribution >= 0.6 is 11.8 Å². The molecule has 6 heteroatoms. The molecule has 0 saturated carbocycles. The van der Waals surface area contributed by atoms with Crippen LogP contribution in [0.2, 0.25) is 0 Å². The van der Waals surface area contributed by atoms with Gasteiger partial charge in [0.2, 0.25) is 0 Å². The molecule has 0 aliphatic carbocycles. The van der Waals surface area contributed by atoms with Crippen LogP contribution in [0.3, 0.4) is 0 Å². The zero-order valence-electron chi connectivity index (χ0n) is 11.7. The molecule has 0 unspecified atom stereocenters. The topological polar surface area (TPSA) is 77.1 Å². The van der Waals surface area contributed by atoms with Gasteiger partial charge < -0.3 is 20.4 Å². The van der Waals surface area contributed by atoms with E-state index in [4.69, 9.17) is 20.4 Å². The third-order valence-electron chi connectivity index (χ3n) is 2.86. The maximum absolute atomic E-state index is 8.85. The molecule has 0 saturated heterocycles. The van der Waals surface area contributed by atoms with Crippen LogP contribution < -0.4 is 15.2 Å². The number of thioether (sulfide) groups is 1. The number of amidine groups is 1. The van der Waals surface area contributed by atoms with Gasteiger partial charge in [-0.1, -0.05) is 5.16 Å². The zero-order valence-corrected chi connectivity index (χ0v) is 12.6. The average molecular weight is 304 g/mol. The molecular weight excluding hydrogens is 288 g/mol. The molecule has 21 heavy (non-hydrogen) atoms. The fraction of sp³-hybridized carbons (Fsp3) is 0.133. The molecule has 0 aliphatic rings. The fourth-order valence-corrected chi connectivity index (χ4v) is 2.16. The van der Waals surface area contributed by atoms with Gasteiger partial charge >= 0.3 is 0 Å². The molecule has 110 valence electrons. The first-order chi connectivity index (χ1) is 10.2. The van der Waals surface area contributed by atoms with Gasteiger partial charge in [-0.15, -0.1) is 11.8 Å². The number of hydrogen-bond donors (Lipinski definition) is 2. The van der Waals surface area contributed by atoms with Crippen LogP contribution in [-0.2, 0) is 0 Å². The molecule has 0 fully saturated rings. The number of oxime groups is 1. The molecule has 0 heterocycles. The summed E-state index contributed by atoms with van der Waals surface area (Å²) in [6.07, 6.45) is 2.01. The Morgan fingerprint density at radius 3 is 2.38 bits per heavy atom. The second-order valence-electron chi connectivity index (χ2n) is 4.12. The Labute approximate surface area is 127 Å². The predicted octanol–water partition coefficient (Wildman–Crippen LogP) is 3.30. The molecule has 0 bridgehead atoms. The molecule has 0 amide bonds. The summed E-state index contributed by atoms with van der Waals surface area (Å²) in [5.41, 5.74) is 6.15. The van der Waals surface area contributed by atoms with E-state index >= 15 is 0 Å². The third-order valence-corrected chi connectivity index (χ3v) is 3.60. The van der Waals surface area contributed by atoms with Gasteiger partial charge in [-0.25, -0.2) is 0 Å². The van der Waals surface area contributed by atoms with Crippen molar-refractivity contribution in [3.05, 3.63) is 48.0 Å². The summed E-state index contributed by atoms with van der Waals surface area (Å²) in [4.78, 5) is 1.14. The van der Waals surface area contributed by atoms with E-state index in [2.05, 4.69) is 5.16 Å². The highest BCUT2D eigenvalue weighted by atomic mass is 32.2. The lowest BCUT2D eigenvalue weighted by Crippen LogP contribution is -2.14. The molecule has 3 N–H and O–H groups in total. The summed E-state index contributed by atoms with van der Waals surface area (Å²) in [7, 11) is 1.57. The Bertz CT molecular complexity index is 642. The van der Waals surface area contributed by atoms with Crippen molar-refractivity contribution in [2.75, 3.05) is 13.4 Å². The van der Waals surface area contributed by atoms with Gasteiger partial charge in [-0.2, -0.15) is 0 Å². The minimum absolute atomic E-state index is 0.0200. The largest absolute Gasteiger partial charge is 0.497 e. The van der Waals surface area contributed by atoms with Crippen molar-refractivity contribution in [2.24, 2.45) is 10.9 Å². The number of methoxy groups -OCH3 is 1. The zero-order chi connectivity index (χ0) is 15.2. The Morgan fingerprint density at radius 2 is 1.81 bits per heavy atom. The van der Waals surface area contributed by atoms with Gasteiger partial charge in [0.25, 0.3) is 0 Å². The van der Waals surface area contributed by atoms with Gasteiger partial charge in [0.15, 0.2) is 5.84 Å². The van der Waals surface area contributed by atoms with Crippen LogP contribution in [0.15, 0.2) is 52.5 Å². The first-order valence-electron chi connectivity index (χ1n) is 6.15. The maximum Gasteiger partial charge on any atom is 0.173 e. The van der Waals surface area contributed by atoms with Crippen LogP contribution in [0.5, 0.6) is 17.2 Å². The van der Waals surface area contributed by atoms with E-state index in [-0.39, 0.29) is 5.84 Å². The highest BCUT2D eigenvalue weighted by Gasteiger charge is 2.11. The highest BCUT2D eigenvalue weighted by molar-refractivity contribution is 7.98. The number of rotatable bonds is 5. The van der Waals surface area contributed by atoms with Crippen molar-refractivity contribution >= 4 is 17.6 Å². The van der Waals surface area contributed by atoms with E-state index in [0.717, 1.165) is 4.90 Å². The quantitative estimate of drug-likeness (QED) is 0.291. The van der Waals surface area contributed by atoms with Gasteiger partial charge in [0.1, 0.15) is 17.2 Å². The molecule has 0 spiro atoms. The van der Waals surface area contributed by atoms with Crippen molar-refractivity contribution in [3.63, 3.8) is 0 Å². The molecule has 5 nitrogen and oxygen atoms in total. The average Bonchev–Trinajstić information content (AvgIpc) is 2.54. The summed E-state index contributed by atoms with van der Waals surface area (Å²) in [5, 5.41) is 11.9. The molecule has 2 aromatic carbocycles. The Hall–Kier alpha value is -2.34. The molecule has 2 aromatic rings. The molecular formula is C15H16N2O3S. The molecule has 0 atom stereocenters. The summed E-state index contributed by atoms with van der Waals surface area (Å²) in [6.45, 7) is 0. The lowest BCUT2D eigenvalue weighted by atomic mass is 10.1. The van der Waals surface area contributed by atoms with E-state index in [1.165, 1.54) is 0 Å². The monoisotopic (exact) mass is 304 g/mol. The number of nitrogens with zero attached hydrogens (tertiary/aromatic N) is 1. The second kappa shape index (κ2) is 6.90. The van der Waals surface area contributed by atoms with E-state index in [1.807, 2.05) is 30.5 Å². The number of ether oxygens (including phenoxy) is 2. The van der Waals surface area contributed by atoms with Crippen molar-refractivity contribution in [1.29, 1.82) is 0 Å². The summed E-state index contributed by atoms with van der Waals surface area (Å²) in [5.74, 6) is 1.73. The van der Waals surface area contributed by atoms with Crippen LogP contribution in [0.25, 0.3) is 0 Å². The van der Waals surface area contributed by atoms with Gasteiger partial charge in [-0.3, -0.25) is 0 Å².